The fourth-order valence-corrected chi connectivity index (χ4v) is 3.74. The number of nitrogens with one attached hydrogen (secondary N) is 2. The number of anilines is 1. The molecular formula is C30H42F2N6O3. The summed E-state index contributed by atoms with van der Waals surface area (Å²) in [7, 11) is 1.81. The van der Waals surface area contributed by atoms with Crippen molar-refractivity contribution in [1.82, 2.24) is 15.3 Å². The second-order valence-electron chi connectivity index (χ2n) is 8.77. The number of benzene rings is 1. The molecule has 3 rings (SSSR count). The summed E-state index contributed by atoms with van der Waals surface area (Å²) in [6.07, 6.45) is 6.39. The number of aromatic nitrogens is 2. The molecule has 11 heteroatoms. The molecule has 0 amide bonds. The molecule has 1 unspecified atom stereocenters. The number of carbonyl (C=O) groups excluding carboxylic acids is 1. The SMILES string of the molecule is C#CC(Nc1nc(C)nc(CC=O)c1C1OCCO1)c1cccc(C(F)F)c1C.CC.CN/C(C=NC(C)C)=C/N. The summed E-state index contributed by atoms with van der Waals surface area (Å²) < 4.78 is 37.8. The van der Waals surface area contributed by atoms with E-state index in [1.807, 2.05) is 34.7 Å². The lowest BCUT2D eigenvalue weighted by atomic mass is 9.97. The fourth-order valence-electron chi connectivity index (χ4n) is 3.74. The number of hydrogen-bond acceptors (Lipinski definition) is 9. The molecule has 1 aliphatic rings. The molecule has 1 aromatic heterocycles. The molecule has 0 bridgehead atoms. The van der Waals surface area contributed by atoms with Crippen LogP contribution in [-0.2, 0) is 20.7 Å². The largest absolute Gasteiger partial charge is 0.403 e. The van der Waals surface area contributed by atoms with Gasteiger partial charge >= 0.3 is 0 Å². The standard InChI is InChI=1S/C21H21F2N3O3.C7H15N3.C2H6/c1-4-16(14-6-5-7-15(12(14)2)19(22)23)26-20-18(21-28-10-11-29-21)17(8-9-27)24-13(3)25-20;1-6(2)10-5-7(4-8)9-3;1-2/h1,5-7,9,16,19,21H,8,10-11H2,2-3H3,(H,24,25,26);4-6,9H,8H2,1-3H3;1-2H3/b;7-4+,10-5?;. The van der Waals surface area contributed by atoms with Gasteiger partial charge in [-0.2, -0.15) is 0 Å². The minimum absolute atomic E-state index is 0.0528. The molecular weight excluding hydrogens is 530 g/mol. The first-order valence-electron chi connectivity index (χ1n) is 13.4. The molecule has 224 valence electrons. The molecule has 0 aliphatic carbocycles. The molecule has 0 radical (unpaired) electrons. The average molecular weight is 573 g/mol. The molecule has 1 fully saturated rings. The van der Waals surface area contributed by atoms with Crippen LogP contribution >= 0.6 is 0 Å². The number of hydrogen-bond donors (Lipinski definition) is 3. The Kier molecular flexibility index (Phi) is 15.8. The van der Waals surface area contributed by atoms with Gasteiger partial charge in [-0.1, -0.05) is 38.0 Å². The summed E-state index contributed by atoms with van der Waals surface area (Å²) in [6.45, 7) is 12.1. The molecule has 2 heterocycles. The van der Waals surface area contributed by atoms with Gasteiger partial charge in [-0.25, -0.2) is 18.7 Å². The van der Waals surface area contributed by atoms with Gasteiger partial charge in [0.05, 0.1) is 30.2 Å². The van der Waals surface area contributed by atoms with Gasteiger partial charge in [0.15, 0.2) is 6.29 Å². The van der Waals surface area contributed by atoms with E-state index in [0.717, 1.165) is 12.0 Å². The molecule has 4 N–H and O–H groups in total. The molecule has 1 atom stereocenters. The van der Waals surface area contributed by atoms with Gasteiger partial charge in [0, 0.05) is 37.5 Å². The Hall–Kier alpha value is -3.88. The lowest BCUT2D eigenvalue weighted by Crippen LogP contribution is -2.18. The van der Waals surface area contributed by atoms with Crippen LogP contribution in [0.25, 0.3) is 0 Å². The average Bonchev–Trinajstić information content (AvgIpc) is 3.48. The van der Waals surface area contributed by atoms with Crippen LogP contribution in [0, 0.1) is 26.2 Å². The highest BCUT2D eigenvalue weighted by Crippen LogP contribution is 2.34. The maximum Gasteiger partial charge on any atom is 0.264 e. The van der Waals surface area contributed by atoms with E-state index in [4.69, 9.17) is 21.6 Å². The summed E-state index contributed by atoms with van der Waals surface area (Å²) in [5, 5.41) is 6.02. The predicted molar refractivity (Wildman–Crippen MR) is 159 cm³/mol. The molecule has 9 nitrogen and oxygen atoms in total. The minimum atomic E-state index is -2.61. The second kappa shape index (κ2) is 18.5. The van der Waals surface area contributed by atoms with Gasteiger partial charge < -0.3 is 30.6 Å². The molecule has 1 saturated heterocycles. The number of alkyl halides is 2. The molecule has 41 heavy (non-hydrogen) atoms. The number of aldehydes is 1. The zero-order chi connectivity index (χ0) is 30.9. The van der Waals surface area contributed by atoms with E-state index in [2.05, 4.69) is 31.5 Å². The maximum atomic E-state index is 13.3. The highest BCUT2D eigenvalue weighted by Gasteiger charge is 2.28. The number of nitrogens with two attached hydrogens (primary N) is 1. The van der Waals surface area contributed by atoms with Crippen molar-refractivity contribution < 1.29 is 23.0 Å². The first-order valence-corrected chi connectivity index (χ1v) is 13.4. The lowest BCUT2D eigenvalue weighted by Gasteiger charge is -2.23. The molecule has 0 saturated carbocycles. The highest BCUT2D eigenvalue weighted by molar-refractivity contribution is 5.77. The van der Waals surface area contributed by atoms with Crippen molar-refractivity contribution >= 4 is 18.3 Å². The summed E-state index contributed by atoms with van der Waals surface area (Å²) in [5.41, 5.74) is 7.92. The van der Waals surface area contributed by atoms with Gasteiger partial charge in [0.25, 0.3) is 6.43 Å². The first kappa shape index (κ1) is 35.1. The van der Waals surface area contributed by atoms with E-state index in [9.17, 15) is 13.6 Å². The van der Waals surface area contributed by atoms with Crippen LogP contribution in [0.4, 0.5) is 14.6 Å². The molecule has 1 aliphatic heterocycles. The minimum Gasteiger partial charge on any atom is -0.403 e. The van der Waals surface area contributed by atoms with Crippen molar-refractivity contribution in [3.05, 3.63) is 63.9 Å². The Morgan fingerprint density at radius 3 is 2.37 bits per heavy atom. The van der Waals surface area contributed by atoms with Gasteiger partial charge in [-0.15, -0.1) is 6.42 Å². The van der Waals surface area contributed by atoms with Crippen LogP contribution in [-0.4, -0.2) is 48.8 Å². The monoisotopic (exact) mass is 572 g/mol. The second-order valence-corrected chi connectivity index (χ2v) is 8.77. The van der Waals surface area contributed by atoms with E-state index in [0.29, 0.717) is 53.3 Å². The Morgan fingerprint density at radius 1 is 1.22 bits per heavy atom. The number of nitrogens with zero attached hydrogens (tertiary/aromatic N) is 3. The lowest BCUT2D eigenvalue weighted by molar-refractivity contribution is -0.107. The van der Waals surface area contributed by atoms with E-state index < -0.39 is 18.8 Å². The van der Waals surface area contributed by atoms with E-state index in [-0.39, 0.29) is 12.0 Å². The quantitative estimate of drug-likeness (QED) is 0.204. The number of allylic oxidation sites excluding steroid dienone is 1. The third kappa shape index (κ3) is 10.6. The Labute approximate surface area is 242 Å². The van der Waals surface area contributed by atoms with E-state index in [1.54, 1.807) is 32.2 Å². The zero-order valence-corrected chi connectivity index (χ0v) is 24.9. The summed E-state index contributed by atoms with van der Waals surface area (Å²) in [4.78, 5) is 24.0. The number of aliphatic imine (C=N–C) groups is 1. The third-order valence-corrected chi connectivity index (χ3v) is 5.66. The van der Waals surface area contributed by atoms with Crippen LogP contribution in [0.3, 0.4) is 0 Å². The summed E-state index contributed by atoms with van der Waals surface area (Å²) in [6, 6.07) is 4.21. The number of halogens is 2. The fraction of sp³-hybridized carbons (Fsp3) is 0.467. The van der Waals surface area contributed by atoms with Crippen LogP contribution in [0.5, 0.6) is 0 Å². The van der Waals surface area contributed by atoms with Crippen molar-refractivity contribution in [2.75, 3.05) is 25.6 Å². The van der Waals surface area contributed by atoms with Gasteiger partial charge in [-0.05, 0) is 38.8 Å². The zero-order valence-electron chi connectivity index (χ0n) is 24.9. The van der Waals surface area contributed by atoms with Gasteiger partial charge in [-0.3, -0.25) is 4.99 Å². The van der Waals surface area contributed by atoms with E-state index >= 15 is 0 Å². The smallest absolute Gasteiger partial charge is 0.264 e. The predicted octanol–water partition coefficient (Wildman–Crippen LogP) is 5.12. The van der Waals surface area contributed by atoms with E-state index in [1.165, 1.54) is 12.3 Å². The first-order chi connectivity index (χ1) is 19.7. The Morgan fingerprint density at radius 2 is 1.85 bits per heavy atom. The number of ether oxygens (including phenoxy) is 2. The Bertz CT molecular complexity index is 1210. The normalized spacial score (nSPS) is 14.1. The number of terminal acetylenes is 1. The third-order valence-electron chi connectivity index (χ3n) is 5.66. The topological polar surface area (TPSA) is 124 Å². The van der Waals surface area contributed by atoms with Crippen LogP contribution in [0.2, 0.25) is 0 Å². The number of aryl methyl sites for hydroxylation is 1. The van der Waals surface area contributed by atoms with Crippen LogP contribution in [0.15, 0.2) is 35.1 Å². The van der Waals surface area contributed by atoms with Crippen molar-refractivity contribution in [2.45, 2.75) is 72.8 Å². The summed E-state index contributed by atoms with van der Waals surface area (Å²) >= 11 is 0. The van der Waals surface area contributed by atoms with Gasteiger partial charge in [0.1, 0.15) is 24.0 Å². The van der Waals surface area contributed by atoms with Crippen molar-refractivity contribution in [3.63, 3.8) is 0 Å². The molecule has 0 spiro atoms. The number of carbonyl (C=O) groups is 1. The van der Waals surface area contributed by atoms with Crippen molar-refractivity contribution in [3.8, 4) is 12.3 Å². The number of rotatable bonds is 10. The maximum absolute atomic E-state index is 13.3. The summed E-state index contributed by atoms with van der Waals surface area (Å²) in [5.74, 6) is 3.38. The highest BCUT2D eigenvalue weighted by atomic mass is 19.3. The van der Waals surface area contributed by atoms with Crippen LogP contribution < -0.4 is 16.4 Å². The molecule has 2 aromatic rings. The van der Waals surface area contributed by atoms with Crippen LogP contribution in [0.1, 0.15) is 80.2 Å². The van der Waals surface area contributed by atoms with Gasteiger partial charge in [0.2, 0.25) is 0 Å². The van der Waals surface area contributed by atoms with Crippen molar-refractivity contribution in [1.29, 1.82) is 0 Å². The molecule has 1 aromatic carbocycles. The Balaban J connectivity index is 0.000000594. The van der Waals surface area contributed by atoms with Crippen molar-refractivity contribution in [2.24, 2.45) is 10.7 Å².